The third-order valence-corrected chi connectivity index (χ3v) is 3.98. The van der Waals surface area contributed by atoms with Crippen molar-refractivity contribution in [2.45, 2.75) is 18.6 Å². The fourth-order valence-corrected chi connectivity index (χ4v) is 2.94. The molecule has 1 saturated heterocycles. The van der Waals surface area contributed by atoms with Crippen LogP contribution in [0, 0.1) is 5.92 Å². The molecule has 1 fully saturated rings. The van der Waals surface area contributed by atoms with Gasteiger partial charge >= 0.3 is 0 Å². The summed E-state index contributed by atoms with van der Waals surface area (Å²) >= 11 is 3.50. The molecule has 1 aliphatic heterocycles. The molecule has 15 heavy (non-hydrogen) atoms. The molecule has 0 spiro atoms. The monoisotopic (exact) mass is 264 g/mol. The van der Waals surface area contributed by atoms with Gasteiger partial charge in [-0.25, -0.2) is 0 Å². The first-order valence-electron chi connectivity index (χ1n) is 5.37. The molecule has 1 nitrogen and oxygen atoms in total. The molecule has 0 amide bonds. The summed E-state index contributed by atoms with van der Waals surface area (Å²) in [6.45, 7) is 0. The Kier molecular flexibility index (Phi) is 2.41. The van der Waals surface area contributed by atoms with Crippen LogP contribution in [-0.4, -0.2) is 11.4 Å². The molecule has 2 aliphatic rings. The summed E-state index contributed by atoms with van der Waals surface area (Å²) in [5.74, 6) is 0.572. The van der Waals surface area contributed by atoms with Crippen molar-refractivity contribution in [1.82, 2.24) is 0 Å². The molecular formula is C13H13BrO. The van der Waals surface area contributed by atoms with Gasteiger partial charge in [-0.1, -0.05) is 52.3 Å². The zero-order valence-corrected chi connectivity index (χ0v) is 9.98. The van der Waals surface area contributed by atoms with Gasteiger partial charge in [0.2, 0.25) is 0 Å². The van der Waals surface area contributed by atoms with E-state index in [2.05, 4.69) is 52.3 Å². The number of rotatable bonds is 1. The Morgan fingerprint density at radius 1 is 1.33 bits per heavy atom. The Morgan fingerprint density at radius 3 is 3.07 bits per heavy atom. The Bertz CT molecular complexity index is 399. The number of halogens is 1. The van der Waals surface area contributed by atoms with Crippen molar-refractivity contribution in [2.75, 3.05) is 5.33 Å². The predicted molar refractivity (Wildman–Crippen MR) is 65.0 cm³/mol. The molecule has 1 heterocycles. The summed E-state index contributed by atoms with van der Waals surface area (Å²) in [6.07, 6.45) is 6.33. The molecule has 78 valence electrons. The largest absolute Gasteiger partial charge is 0.369 e. The van der Waals surface area contributed by atoms with Gasteiger partial charge in [-0.15, -0.1) is 0 Å². The van der Waals surface area contributed by atoms with Gasteiger partial charge in [-0.3, -0.25) is 0 Å². The zero-order chi connectivity index (χ0) is 10.3. The quantitative estimate of drug-likeness (QED) is 0.705. The minimum Gasteiger partial charge on any atom is -0.369 e. The summed E-state index contributed by atoms with van der Waals surface area (Å²) < 4.78 is 6.04. The second-order valence-electron chi connectivity index (χ2n) is 4.22. The molecule has 0 aromatic heterocycles. The molecule has 1 aromatic carbocycles. The molecule has 3 atom stereocenters. The highest BCUT2D eigenvalue weighted by Crippen LogP contribution is 2.43. The molecule has 0 unspecified atom stereocenters. The summed E-state index contributed by atoms with van der Waals surface area (Å²) in [5, 5.41) is 0.940. The highest BCUT2D eigenvalue weighted by Gasteiger charge is 2.36. The van der Waals surface area contributed by atoms with E-state index in [1.54, 1.807) is 0 Å². The lowest BCUT2D eigenvalue weighted by molar-refractivity contribution is 0.0506. The minimum atomic E-state index is 0.286. The molecule has 0 saturated carbocycles. The number of ether oxygens (including phenoxy) is 1. The Labute approximate surface area is 98.3 Å². The molecular weight excluding hydrogens is 252 g/mol. The topological polar surface area (TPSA) is 9.23 Å². The van der Waals surface area contributed by atoms with Crippen molar-refractivity contribution in [3.8, 4) is 0 Å². The van der Waals surface area contributed by atoms with Gasteiger partial charge in [-0.05, 0) is 17.5 Å². The van der Waals surface area contributed by atoms with Crippen molar-refractivity contribution in [3.05, 3.63) is 41.5 Å². The first-order valence-corrected chi connectivity index (χ1v) is 6.49. The highest BCUT2D eigenvalue weighted by atomic mass is 79.9. The van der Waals surface area contributed by atoms with Crippen LogP contribution in [0.1, 0.15) is 23.7 Å². The van der Waals surface area contributed by atoms with E-state index in [0.717, 1.165) is 11.8 Å². The van der Waals surface area contributed by atoms with Crippen LogP contribution < -0.4 is 0 Å². The fourth-order valence-electron chi connectivity index (χ4n) is 2.52. The van der Waals surface area contributed by atoms with E-state index in [9.17, 15) is 0 Å². The second kappa shape index (κ2) is 3.76. The molecule has 2 heteroatoms. The summed E-state index contributed by atoms with van der Waals surface area (Å²) in [6, 6.07) is 8.53. The van der Waals surface area contributed by atoms with Crippen molar-refractivity contribution >= 4 is 22.0 Å². The van der Waals surface area contributed by atoms with Gasteiger partial charge in [0.1, 0.15) is 0 Å². The molecule has 0 radical (unpaired) electrons. The fraction of sp³-hybridized carbons (Fsp3) is 0.385. The molecule has 1 aromatic rings. The number of benzene rings is 1. The van der Waals surface area contributed by atoms with E-state index in [1.165, 1.54) is 11.1 Å². The van der Waals surface area contributed by atoms with Crippen LogP contribution in [0.25, 0.3) is 6.08 Å². The zero-order valence-electron chi connectivity index (χ0n) is 8.40. The normalized spacial score (nSPS) is 32.5. The van der Waals surface area contributed by atoms with Gasteiger partial charge in [0.05, 0.1) is 12.2 Å². The average Bonchev–Trinajstić information content (AvgIpc) is 2.72. The van der Waals surface area contributed by atoms with Crippen molar-refractivity contribution in [1.29, 1.82) is 0 Å². The first-order chi connectivity index (χ1) is 7.38. The average molecular weight is 265 g/mol. The minimum absolute atomic E-state index is 0.286. The standard InChI is InChI=1S/C13H13BrO/c14-8-11-7-10-6-5-9-3-1-2-4-12(9)13(10)15-11/h1-6,10-11,13H,7-8H2/t10-,11+,13+/m1/s1. The van der Waals surface area contributed by atoms with E-state index in [-0.39, 0.29) is 6.10 Å². The number of alkyl halides is 1. The Balaban J connectivity index is 1.98. The maximum Gasteiger partial charge on any atom is 0.0898 e. The number of hydrogen-bond donors (Lipinski definition) is 0. The van der Waals surface area contributed by atoms with Crippen molar-refractivity contribution < 1.29 is 4.74 Å². The number of fused-ring (bicyclic) bond motifs is 3. The molecule has 0 bridgehead atoms. The van der Waals surface area contributed by atoms with Crippen LogP contribution in [0.2, 0.25) is 0 Å². The summed E-state index contributed by atoms with van der Waals surface area (Å²) in [7, 11) is 0. The SMILES string of the molecule is BrC[C@@H]1C[C@H]2C=Cc3ccccc3[C@H]2O1. The van der Waals surface area contributed by atoms with Crippen molar-refractivity contribution in [2.24, 2.45) is 5.92 Å². The van der Waals surface area contributed by atoms with Crippen LogP contribution in [-0.2, 0) is 4.74 Å². The van der Waals surface area contributed by atoms with Crippen LogP contribution in [0.4, 0.5) is 0 Å². The maximum absolute atomic E-state index is 6.04. The lowest BCUT2D eigenvalue weighted by Crippen LogP contribution is -2.10. The van der Waals surface area contributed by atoms with E-state index in [1.807, 2.05) is 0 Å². The van der Waals surface area contributed by atoms with E-state index >= 15 is 0 Å². The van der Waals surface area contributed by atoms with Crippen LogP contribution in [0.3, 0.4) is 0 Å². The van der Waals surface area contributed by atoms with Gasteiger partial charge < -0.3 is 4.74 Å². The van der Waals surface area contributed by atoms with E-state index < -0.39 is 0 Å². The Hall–Kier alpha value is -0.600. The van der Waals surface area contributed by atoms with Crippen LogP contribution >= 0.6 is 15.9 Å². The lowest BCUT2D eigenvalue weighted by atomic mass is 9.86. The van der Waals surface area contributed by atoms with Gasteiger partial charge in [0, 0.05) is 11.2 Å². The predicted octanol–water partition coefficient (Wildman–Crippen LogP) is 3.55. The van der Waals surface area contributed by atoms with Gasteiger partial charge in [-0.2, -0.15) is 0 Å². The smallest absolute Gasteiger partial charge is 0.0898 e. The maximum atomic E-state index is 6.04. The van der Waals surface area contributed by atoms with Crippen LogP contribution in [0.15, 0.2) is 30.3 Å². The first kappa shape index (κ1) is 9.61. The summed E-state index contributed by atoms with van der Waals surface area (Å²) in [5.41, 5.74) is 2.67. The van der Waals surface area contributed by atoms with Crippen LogP contribution in [0.5, 0.6) is 0 Å². The van der Waals surface area contributed by atoms with E-state index in [0.29, 0.717) is 12.0 Å². The Morgan fingerprint density at radius 2 is 2.20 bits per heavy atom. The van der Waals surface area contributed by atoms with E-state index in [4.69, 9.17) is 4.74 Å². The lowest BCUT2D eigenvalue weighted by Gasteiger charge is -2.22. The van der Waals surface area contributed by atoms with Gasteiger partial charge in [0.25, 0.3) is 0 Å². The molecule has 0 N–H and O–H groups in total. The second-order valence-corrected chi connectivity index (χ2v) is 4.87. The molecule has 3 rings (SSSR count). The third kappa shape index (κ3) is 1.56. The highest BCUT2D eigenvalue weighted by molar-refractivity contribution is 9.09. The molecule has 1 aliphatic carbocycles. The van der Waals surface area contributed by atoms with Gasteiger partial charge in [0.15, 0.2) is 0 Å². The number of hydrogen-bond acceptors (Lipinski definition) is 1. The third-order valence-electron chi connectivity index (χ3n) is 3.26. The van der Waals surface area contributed by atoms with Crippen molar-refractivity contribution in [3.63, 3.8) is 0 Å². The summed E-state index contributed by atoms with van der Waals surface area (Å²) in [4.78, 5) is 0.